The second kappa shape index (κ2) is 8.03. The molecule has 0 unspecified atom stereocenters. The molecule has 4 heteroatoms. The summed E-state index contributed by atoms with van der Waals surface area (Å²) in [5.41, 5.74) is 0. The van der Waals surface area contributed by atoms with E-state index in [1.54, 1.807) is 0 Å². The molecule has 1 aliphatic carbocycles. The first kappa shape index (κ1) is 15.8. The van der Waals surface area contributed by atoms with Gasteiger partial charge in [-0.1, -0.05) is 32.6 Å². The summed E-state index contributed by atoms with van der Waals surface area (Å²) < 4.78 is 37.4. The van der Waals surface area contributed by atoms with Crippen molar-refractivity contribution in [3.63, 3.8) is 0 Å². The van der Waals surface area contributed by atoms with Gasteiger partial charge in [-0.25, -0.2) is 0 Å². The van der Waals surface area contributed by atoms with Gasteiger partial charge in [0.05, 0.1) is 5.92 Å². The van der Waals surface area contributed by atoms with Crippen LogP contribution >= 0.6 is 0 Å². The average Bonchev–Trinajstić information content (AvgIpc) is 2.33. The van der Waals surface area contributed by atoms with Gasteiger partial charge in [0.15, 0.2) is 0 Å². The van der Waals surface area contributed by atoms with E-state index in [-0.39, 0.29) is 0 Å². The van der Waals surface area contributed by atoms with Crippen LogP contribution in [0.2, 0.25) is 0 Å². The minimum atomic E-state index is -3.98. The highest BCUT2D eigenvalue weighted by Gasteiger charge is 2.41. The van der Waals surface area contributed by atoms with Crippen LogP contribution in [0, 0.1) is 5.92 Å². The van der Waals surface area contributed by atoms with Gasteiger partial charge in [0.1, 0.15) is 0 Å². The lowest BCUT2D eigenvalue weighted by Crippen LogP contribution is -2.37. The molecular weight excluding hydrogens is 239 g/mol. The monoisotopic (exact) mass is 265 g/mol. The summed E-state index contributed by atoms with van der Waals surface area (Å²) >= 11 is 0. The molecule has 0 aromatic rings. The van der Waals surface area contributed by atoms with Crippen molar-refractivity contribution in [1.82, 2.24) is 5.32 Å². The standard InChI is InChI=1S/C14H26F3N/c1-2-3-4-5-6-11-18-13-9-7-12(8-10-13)14(15,16)17/h12-13,18H,2-11H2,1H3. The van der Waals surface area contributed by atoms with E-state index in [9.17, 15) is 13.2 Å². The molecule has 0 aliphatic heterocycles. The molecule has 0 bridgehead atoms. The Bertz CT molecular complexity index is 208. The second-order valence-electron chi connectivity index (χ2n) is 5.46. The highest BCUT2D eigenvalue weighted by Crippen LogP contribution is 2.37. The largest absolute Gasteiger partial charge is 0.391 e. The minimum absolute atomic E-state index is 0.303. The summed E-state index contributed by atoms with van der Waals surface area (Å²) in [5, 5.41) is 3.40. The van der Waals surface area contributed by atoms with Gasteiger partial charge in [-0.3, -0.25) is 0 Å². The Hall–Kier alpha value is -0.250. The van der Waals surface area contributed by atoms with Gasteiger partial charge in [-0.05, 0) is 38.6 Å². The molecule has 1 N–H and O–H groups in total. The van der Waals surface area contributed by atoms with Crippen LogP contribution < -0.4 is 5.32 Å². The first-order chi connectivity index (χ1) is 8.54. The van der Waals surface area contributed by atoms with Crippen molar-refractivity contribution < 1.29 is 13.2 Å². The van der Waals surface area contributed by atoms with E-state index in [0.29, 0.717) is 31.7 Å². The molecule has 0 spiro atoms. The molecule has 1 fully saturated rings. The third-order valence-corrected chi connectivity index (χ3v) is 3.90. The van der Waals surface area contributed by atoms with Gasteiger partial charge < -0.3 is 5.32 Å². The van der Waals surface area contributed by atoms with E-state index in [1.165, 1.54) is 25.7 Å². The van der Waals surface area contributed by atoms with Crippen LogP contribution in [0.4, 0.5) is 13.2 Å². The molecule has 1 nitrogen and oxygen atoms in total. The van der Waals surface area contributed by atoms with Gasteiger partial charge in [-0.15, -0.1) is 0 Å². The normalized spacial score (nSPS) is 25.3. The summed E-state index contributed by atoms with van der Waals surface area (Å²) in [4.78, 5) is 0. The molecule has 0 heterocycles. The summed E-state index contributed by atoms with van der Waals surface area (Å²) in [6.45, 7) is 3.16. The molecular formula is C14H26F3N. The lowest BCUT2D eigenvalue weighted by molar-refractivity contribution is -0.182. The van der Waals surface area contributed by atoms with Crippen molar-refractivity contribution in [2.24, 2.45) is 5.92 Å². The van der Waals surface area contributed by atoms with Crippen molar-refractivity contribution in [2.45, 2.75) is 76.9 Å². The molecule has 0 aromatic carbocycles. The van der Waals surface area contributed by atoms with Crippen molar-refractivity contribution >= 4 is 0 Å². The van der Waals surface area contributed by atoms with Crippen LogP contribution in [0.5, 0.6) is 0 Å². The topological polar surface area (TPSA) is 12.0 Å². The lowest BCUT2D eigenvalue weighted by atomic mass is 9.85. The summed E-state index contributed by atoms with van der Waals surface area (Å²) in [6, 6.07) is 0.315. The second-order valence-corrected chi connectivity index (χ2v) is 5.46. The number of hydrogen-bond donors (Lipinski definition) is 1. The fourth-order valence-corrected chi connectivity index (χ4v) is 2.66. The van der Waals surface area contributed by atoms with E-state index in [1.807, 2.05) is 0 Å². The number of nitrogens with one attached hydrogen (secondary N) is 1. The number of halogens is 3. The van der Waals surface area contributed by atoms with E-state index in [2.05, 4.69) is 12.2 Å². The quantitative estimate of drug-likeness (QED) is 0.660. The highest BCUT2D eigenvalue weighted by atomic mass is 19.4. The molecule has 0 atom stereocenters. The van der Waals surface area contributed by atoms with E-state index >= 15 is 0 Å². The molecule has 1 aliphatic rings. The van der Waals surface area contributed by atoms with Gasteiger partial charge in [0, 0.05) is 6.04 Å². The Morgan fingerprint density at radius 3 is 2.11 bits per heavy atom. The molecule has 0 amide bonds. The van der Waals surface area contributed by atoms with Crippen LogP contribution in [-0.2, 0) is 0 Å². The molecule has 108 valence electrons. The number of rotatable bonds is 7. The average molecular weight is 265 g/mol. The van der Waals surface area contributed by atoms with E-state index in [0.717, 1.165) is 13.0 Å². The maximum absolute atomic E-state index is 12.5. The molecule has 1 rings (SSSR count). The fourth-order valence-electron chi connectivity index (χ4n) is 2.66. The Balaban J connectivity index is 2.02. The first-order valence-electron chi connectivity index (χ1n) is 7.34. The molecule has 0 radical (unpaired) electrons. The SMILES string of the molecule is CCCCCCCNC1CCC(C(F)(F)F)CC1. The number of alkyl halides is 3. The summed E-state index contributed by atoms with van der Waals surface area (Å²) in [6.07, 6.45) is 4.18. The molecule has 18 heavy (non-hydrogen) atoms. The van der Waals surface area contributed by atoms with Crippen molar-refractivity contribution in [3.8, 4) is 0 Å². The van der Waals surface area contributed by atoms with Crippen LogP contribution in [0.1, 0.15) is 64.7 Å². The zero-order valence-electron chi connectivity index (χ0n) is 11.4. The Labute approximate surface area is 109 Å². The van der Waals surface area contributed by atoms with E-state index in [4.69, 9.17) is 0 Å². The van der Waals surface area contributed by atoms with Gasteiger partial charge in [0.2, 0.25) is 0 Å². The van der Waals surface area contributed by atoms with Crippen LogP contribution in [0.15, 0.2) is 0 Å². The van der Waals surface area contributed by atoms with Crippen LogP contribution in [0.3, 0.4) is 0 Å². The predicted octanol–water partition coefficient (Wildman–Crippen LogP) is 4.67. The zero-order valence-corrected chi connectivity index (χ0v) is 11.4. The Kier molecular flexibility index (Phi) is 7.05. The van der Waals surface area contributed by atoms with Gasteiger partial charge in [-0.2, -0.15) is 13.2 Å². The van der Waals surface area contributed by atoms with Crippen LogP contribution in [0.25, 0.3) is 0 Å². The minimum Gasteiger partial charge on any atom is -0.314 e. The van der Waals surface area contributed by atoms with Crippen molar-refractivity contribution in [2.75, 3.05) is 6.54 Å². The molecule has 0 saturated heterocycles. The van der Waals surface area contributed by atoms with E-state index < -0.39 is 12.1 Å². The first-order valence-corrected chi connectivity index (χ1v) is 7.34. The molecule has 1 saturated carbocycles. The molecule has 0 aromatic heterocycles. The van der Waals surface area contributed by atoms with Crippen molar-refractivity contribution in [1.29, 1.82) is 0 Å². The predicted molar refractivity (Wildman–Crippen MR) is 68.6 cm³/mol. The highest BCUT2D eigenvalue weighted by molar-refractivity contribution is 4.80. The Morgan fingerprint density at radius 1 is 0.944 bits per heavy atom. The summed E-state index contributed by atoms with van der Waals surface area (Å²) in [5.74, 6) is -1.06. The van der Waals surface area contributed by atoms with Gasteiger partial charge >= 0.3 is 6.18 Å². The third-order valence-electron chi connectivity index (χ3n) is 3.90. The number of unbranched alkanes of at least 4 members (excludes halogenated alkanes) is 4. The van der Waals surface area contributed by atoms with Crippen molar-refractivity contribution in [3.05, 3.63) is 0 Å². The number of hydrogen-bond acceptors (Lipinski definition) is 1. The maximum atomic E-state index is 12.5. The smallest absolute Gasteiger partial charge is 0.314 e. The van der Waals surface area contributed by atoms with Crippen LogP contribution in [-0.4, -0.2) is 18.8 Å². The fraction of sp³-hybridized carbons (Fsp3) is 1.00. The lowest BCUT2D eigenvalue weighted by Gasteiger charge is -2.30. The van der Waals surface area contributed by atoms with Gasteiger partial charge in [0.25, 0.3) is 0 Å². The summed E-state index contributed by atoms with van der Waals surface area (Å²) in [7, 11) is 0. The zero-order chi connectivity index (χ0) is 13.4. The third kappa shape index (κ3) is 6.07. The Morgan fingerprint density at radius 2 is 1.56 bits per heavy atom. The maximum Gasteiger partial charge on any atom is 0.391 e.